The molecule has 0 amide bonds. The minimum absolute atomic E-state index is 0.0955. The Bertz CT molecular complexity index is 281. The van der Waals surface area contributed by atoms with Crippen LogP contribution in [0, 0.1) is 11.8 Å². The lowest BCUT2D eigenvalue weighted by atomic mass is 10.00. The van der Waals surface area contributed by atoms with Crippen molar-refractivity contribution in [3.63, 3.8) is 0 Å². The molecule has 0 saturated heterocycles. The monoisotopic (exact) mass is 179 g/mol. The average molecular weight is 179 g/mol. The summed E-state index contributed by atoms with van der Waals surface area (Å²) in [7, 11) is 0. The SMILES string of the molecule is NC1(c2ccsc2)C2CCCC21. The van der Waals surface area contributed by atoms with Crippen molar-refractivity contribution >= 4 is 11.3 Å². The van der Waals surface area contributed by atoms with Crippen molar-refractivity contribution in [2.24, 2.45) is 17.6 Å². The van der Waals surface area contributed by atoms with Crippen molar-refractivity contribution in [1.82, 2.24) is 0 Å². The fourth-order valence-electron chi connectivity index (χ4n) is 2.94. The summed E-state index contributed by atoms with van der Waals surface area (Å²) in [5.41, 5.74) is 7.85. The molecule has 1 nitrogen and oxygen atoms in total. The highest BCUT2D eigenvalue weighted by molar-refractivity contribution is 7.08. The van der Waals surface area contributed by atoms with E-state index in [-0.39, 0.29) is 5.54 Å². The molecule has 0 aromatic carbocycles. The number of fused-ring (bicyclic) bond motifs is 1. The molecule has 2 fully saturated rings. The van der Waals surface area contributed by atoms with E-state index >= 15 is 0 Å². The first-order valence-electron chi connectivity index (χ1n) is 4.65. The van der Waals surface area contributed by atoms with Gasteiger partial charge in [0, 0.05) is 5.54 Å². The van der Waals surface area contributed by atoms with Gasteiger partial charge < -0.3 is 5.73 Å². The maximum Gasteiger partial charge on any atom is 0.0481 e. The Morgan fingerprint density at radius 2 is 2.17 bits per heavy atom. The van der Waals surface area contributed by atoms with E-state index in [0.29, 0.717) is 0 Å². The van der Waals surface area contributed by atoms with E-state index in [4.69, 9.17) is 5.73 Å². The third kappa shape index (κ3) is 0.679. The standard InChI is InChI=1S/C10H13NS/c11-10(7-4-5-12-6-7)8-2-1-3-9(8)10/h4-6,8-9H,1-3,11H2. The second kappa shape index (κ2) is 2.12. The van der Waals surface area contributed by atoms with Crippen LogP contribution in [0.5, 0.6) is 0 Å². The summed E-state index contributed by atoms with van der Waals surface area (Å²) in [5.74, 6) is 1.62. The van der Waals surface area contributed by atoms with Crippen LogP contribution in [0.25, 0.3) is 0 Å². The fourth-order valence-corrected chi connectivity index (χ4v) is 3.67. The van der Waals surface area contributed by atoms with Crippen LogP contribution in [-0.4, -0.2) is 0 Å². The van der Waals surface area contributed by atoms with E-state index in [1.807, 2.05) is 0 Å². The lowest BCUT2D eigenvalue weighted by Crippen LogP contribution is -2.24. The van der Waals surface area contributed by atoms with Gasteiger partial charge in [0.1, 0.15) is 0 Å². The van der Waals surface area contributed by atoms with Crippen molar-refractivity contribution in [2.45, 2.75) is 24.8 Å². The molecule has 2 aliphatic carbocycles. The minimum atomic E-state index is 0.0955. The van der Waals surface area contributed by atoms with Crippen LogP contribution in [0.1, 0.15) is 24.8 Å². The lowest BCUT2D eigenvalue weighted by Gasteiger charge is -2.12. The zero-order chi connectivity index (χ0) is 8.18. The molecule has 2 saturated carbocycles. The van der Waals surface area contributed by atoms with Gasteiger partial charge in [-0.1, -0.05) is 6.42 Å². The molecule has 12 heavy (non-hydrogen) atoms. The van der Waals surface area contributed by atoms with Gasteiger partial charge in [-0.2, -0.15) is 11.3 Å². The number of thiophene rings is 1. The Hall–Kier alpha value is -0.340. The molecule has 2 unspecified atom stereocenters. The highest BCUT2D eigenvalue weighted by Crippen LogP contribution is 2.64. The molecule has 2 aliphatic rings. The smallest absolute Gasteiger partial charge is 0.0481 e. The second-order valence-corrected chi connectivity index (χ2v) is 4.87. The van der Waals surface area contributed by atoms with Crippen molar-refractivity contribution in [2.75, 3.05) is 0 Å². The summed E-state index contributed by atoms with van der Waals surface area (Å²) in [6, 6.07) is 2.20. The maximum atomic E-state index is 6.37. The van der Waals surface area contributed by atoms with Gasteiger partial charge in [-0.25, -0.2) is 0 Å². The third-order valence-corrected chi connectivity index (χ3v) is 4.34. The number of rotatable bonds is 1. The molecular formula is C10H13NS. The predicted molar refractivity (Wildman–Crippen MR) is 51.0 cm³/mol. The third-order valence-electron chi connectivity index (χ3n) is 3.66. The van der Waals surface area contributed by atoms with E-state index in [9.17, 15) is 0 Å². The highest BCUT2D eigenvalue weighted by Gasteiger charge is 2.64. The molecule has 0 aliphatic heterocycles. The van der Waals surface area contributed by atoms with Gasteiger partial charge in [-0.15, -0.1) is 0 Å². The predicted octanol–water partition coefficient (Wildman–Crippen LogP) is 2.33. The molecule has 64 valence electrons. The van der Waals surface area contributed by atoms with Crippen LogP contribution >= 0.6 is 11.3 Å². The van der Waals surface area contributed by atoms with E-state index in [2.05, 4.69) is 16.8 Å². The fraction of sp³-hybridized carbons (Fsp3) is 0.600. The first-order chi connectivity index (χ1) is 5.83. The van der Waals surface area contributed by atoms with Crippen LogP contribution < -0.4 is 5.73 Å². The van der Waals surface area contributed by atoms with Gasteiger partial charge in [0.15, 0.2) is 0 Å². The van der Waals surface area contributed by atoms with Crippen molar-refractivity contribution < 1.29 is 0 Å². The van der Waals surface area contributed by atoms with Gasteiger partial charge in [0.05, 0.1) is 0 Å². The first-order valence-corrected chi connectivity index (χ1v) is 5.59. The van der Waals surface area contributed by atoms with Gasteiger partial charge in [0.2, 0.25) is 0 Å². The molecule has 0 bridgehead atoms. The van der Waals surface area contributed by atoms with Crippen LogP contribution in [0.15, 0.2) is 16.8 Å². The van der Waals surface area contributed by atoms with E-state index in [1.165, 1.54) is 24.8 Å². The molecule has 2 heteroatoms. The lowest BCUT2D eigenvalue weighted by molar-refractivity contribution is 0.528. The van der Waals surface area contributed by atoms with Crippen molar-refractivity contribution in [3.8, 4) is 0 Å². The molecule has 1 aromatic heterocycles. The van der Waals surface area contributed by atoms with Crippen LogP contribution in [0.2, 0.25) is 0 Å². The summed E-state index contributed by atoms with van der Waals surface area (Å²) in [6.07, 6.45) is 4.12. The normalized spacial score (nSPS) is 44.4. The van der Waals surface area contributed by atoms with Gasteiger partial charge >= 0.3 is 0 Å². The molecule has 1 heterocycles. The van der Waals surface area contributed by atoms with Gasteiger partial charge in [-0.05, 0) is 47.1 Å². The summed E-state index contributed by atoms with van der Waals surface area (Å²) in [5, 5.41) is 4.36. The molecule has 2 N–H and O–H groups in total. The quantitative estimate of drug-likeness (QED) is 0.703. The average Bonchev–Trinajstić information content (AvgIpc) is 2.62. The molecule has 0 radical (unpaired) electrons. The summed E-state index contributed by atoms with van der Waals surface area (Å²) in [6.45, 7) is 0. The van der Waals surface area contributed by atoms with Gasteiger partial charge in [0.25, 0.3) is 0 Å². The van der Waals surface area contributed by atoms with E-state index < -0.39 is 0 Å². The largest absolute Gasteiger partial charge is 0.321 e. The van der Waals surface area contributed by atoms with E-state index in [0.717, 1.165) is 11.8 Å². The highest BCUT2D eigenvalue weighted by atomic mass is 32.1. The first kappa shape index (κ1) is 7.10. The topological polar surface area (TPSA) is 26.0 Å². The molecule has 3 rings (SSSR count). The molecule has 0 spiro atoms. The maximum absolute atomic E-state index is 6.37. The Balaban J connectivity index is 1.96. The number of hydrogen-bond donors (Lipinski definition) is 1. The van der Waals surface area contributed by atoms with Crippen LogP contribution in [0.4, 0.5) is 0 Å². The van der Waals surface area contributed by atoms with Crippen LogP contribution in [0.3, 0.4) is 0 Å². The summed E-state index contributed by atoms with van der Waals surface area (Å²) in [4.78, 5) is 0. The minimum Gasteiger partial charge on any atom is -0.321 e. The molecular weight excluding hydrogens is 166 g/mol. The second-order valence-electron chi connectivity index (χ2n) is 4.09. The molecule has 1 aromatic rings. The Kier molecular flexibility index (Phi) is 1.25. The summed E-state index contributed by atoms with van der Waals surface area (Å²) >= 11 is 1.77. The van der Waals surface area contributed by atoms with Crippen molar-refractivity contribution in [1.29, 1.82) is 0 Å². The Morgan fingerprint density at radius 3 is 2.75 bits per heavy atom. The van der Waals surface area contributed by atoms with Gasteiger partial charge in [-0.3, -0.25) is 0 Å². The van der Waals surface area contributed by atoms with E-state index in [1.54, 1.807) is 11.3 Å². The zero-order valence-corrected chi connectivity index (χ0v) is 7.81. The Labute approximate surface area is 76.6 Å². The van der Waals surface area contributed by atoms with Crippen LogP contribution in [-0.2, 0) is 5.54 Å². The Morgan fingerprint density at radius 1 is 1.42 bits per heavy atom. The summed E-state index contributed by atoms with van der Waals surface area (Å²) < 4.78 is 0. The number of hydrogen-bond acceptors (Lipinski definition) is 2. The van der Waals surface area contributed by atoms with Crippen molar-refractivity contribution in [3.05, 3.63) is 22.4 Å². The zero-order valence-electron chi connectivity index (χ0n) is 6.99. The number of nitrogens with two attached hydrogens (primary N) is 1. The molecule has 2 atom stereocenters.